The normalized spacial score (nSPS) is 12.6. The molecule has 0 bridgehead atoms. The summed E-state index contributed by atoms with van der Waals surface area (Å²) in [5.41, 5.74) is 0.440. The van der Waals surface area contributed by atoms with E-state index in [9.17, 15) is 14.4 Å². The molecule has 7 nitrogen and oxygen atoms in total. The monoisotopic (exact) mass is 390 g/mol. The Labute approximate surface area is 162 Å². The number of carbonyl (C=O) groups excluding carboxylic acids is 2. The van der Waals surface area contributed by atoms with Crippen LogP contribution in [-0.2, 0) is 11.3 Å². The Morgan fingerprint density at radius 2 is 1.89 bits per heavy atom. The van der Waals surface area contributed by atoms with Gasteiger partial charge in [0.15, 0.2) is 10.9 Å². The van der Waals surface area contributed by atoms with Gasteiger partial charge in [0, 0.05) is 23.2 Å². The van der Waals surface area contributed by atoms with Crippen molar-refractivity contribution in [2.24, 2.45) is 5.41 Å². The van der Waals surface area contributed by atoms with Crippen molar-refractivity contribution in [1.29, 1.82) is 0 Å². The summed E-state index contributed by atoms with van der Waals surface area (Å²) in [7, 11) is 0. The van der Waals surface area contributed by atoms with Crippen molar-refractivity contribution in [3.05, 3.63) is 40.3 Å². The molecule has 27 heavy (non-hydrogen) atoms. The predicted octanol–water partition coefficient (Wildman–Crippen LogP) is 3.33. The molecule has 2 rings (SSSR count). The van der Waals surface area contributed by atoms with Gasteiger partial charge in [0.25, 0.3) is 0 Å². The lowest BCUT2D eigenvalue weighted by Gasteiger charge is -2.17. The molecule has 1 amide bonds. The standard InChI is InChI=1S/C19H26N4O3S/c1-6-11-23-17(26)21-22-18(23)27-12(2)15(24)13-7-9-14(10-8-13)20-16(25)19(3,4)5/h7-10,12H,6,11H2,1-5H3,(H,20,25)(H,21,26)/t12-/m0/s1. The highest BCUT2D eigenvalue weighted by atomic mass is 32.2. The molecule has 2 N–H and O–H groups in total. The molecule has 0 aliphatic rings. The van der Waals surface area contributed by atoms with E-state index in [4.69, 9.17) is 0 Å². The van der Waals surface area contributed by atoms with Gasteiger partial charge >= 0.3 is 5.69 Å². The zero-order valence-corrected chi connectivity index (χ0v) is 17.1. The van der Waals surface area contributed by atoms with Crippen LogP contribution in [0.5, 0.6) is 0 Å². The molecular weight excluding hydrogens is 364 g/mol. The number of aromatic nitrogens is 3. The molecule has 0 unspecified atom stereocenters. The van der Waals surface area contributed by atoms with Gasteiger partial charge in [0.05, 0.1) is 5.25 Å². The largest absolute Gasteiger partial charge is 0.343 e. The summed E-state index contributed by atoms with van der Waals surface area (Å²) in [4.78, 5) is 36.5. The van der Waals surface area contributed by atoms with Crippen LogP contribution in [0.1, 0.15) is 51.4 Å². The predicted molar refractivity (Wildman–Crippen MR) is 107 cm³/mol. The number of anilines is 1. The summed E-state index contributed by atoms with van der Waals surface area (Å²) in [6, 6.07) is 6.83. The summed E-state index contributed by atoms with van der Waals surface area (Å²) in [6.07, 6.45) is 0.803. The molecule has 1 atom stereocenters. The van der Waals surface area contributed by atoms with Crippen molar-refractivity contribution in [1.82, 2.24) is 14.8 Å². The Hall–Kier alpha value is -2.35. The van der Waals surface area contributed by atoms with Crippen LogP contribution < -0.4 is 11.0 Å². The number of benzene rings is 1. The Kier molecular flexibility index (Phi) is 6.64. The van der Waals surface area contributed by atoms with E-state index in [2.05, 4.69) is 15.5 Å². The Morgan fingerprint density at radius 3 is 2.44 bits per heavy atom. The molecule has 0 aliphatic heterocycles. The Balaban J connectivity index is 2.07. The second-order valence-electron chi connectivity index (χ2n) is 7.37. The molecule has 0 fully saturated rings. The van der Waals surface area contributed by atoms with E-state index < -0.39 is 10.7 Å². The van der Waals surface area contributed by atoms with Crippen LogP contribution in [0.15, 0.2) is 34.2 Å². The van der Waals surface area contributed by atoms with Gasteiger partial charge in [0.1, 0.15) is 0 Å². The molecule has 1 aromatic carbocycles. The number of amides is 1. The van der Waals surface area contributed by atoms with Gasteiger partial charge in [-0.05, 0) is 37.6 Å². The van der Waals surface area contributed by atoms with Gasteiger partial charge in [-0.3, -0.25) is 14.2 Å². The SMILES string of the molecule is CCCn1c(S[C@@H](C)C(=O)c2ccc(NC(=O)C(C)(C)C)cc2)n[nH]c1=O. The fraction of sp³-hybridized carbons (Fsp3) is 0.474. The van der Waals surface area contributed by atoms with Crippen LogP contribution in [-0.4, -0.2) is 31.7 Å². The number of ketones is 1. The number of hydrogen-bond acceptors (Lipinski definition) is 5. The fourth-order valence-corrected chi connectivity index (χ4v) is 3.26. The Morgan fingerprint density at radius 1 is 1.26 bits per heavy atom. The maximum atomic E-state index is 12.7. The third-order valence-corrected chi connectivity index (χ3v) is 5.02. The zero-order chi connectivity index (χ0) is 20.2. The summed E-state index contributed by atoms with van der Waals surface area (Å²) < 4.78 is 1.54. The maximum absolute atomic E-state index is 12.7. The number of aromatic amines is 1. The lowest BCUT2D eigenvalue weighted by atomic mass is 9.95. The lowest BCUT2D eigenvalue weighted by Crippen LogP contribution is -2.27. The molecule has 0 aliphatic carbocycles. The summed E-state index contributed by atoms with van der Waals surface area (Å²) >= 11 is 1.25. The van der Waals surface area contributed by atoms with Crippen LogP contribution >= 0.6 is 11.8 Å². The molecule has 0 saturated carbocycles. The second kappa shape index (κ2) is 8.56. The molecule has 8 heteroatoms. The van der Waals surface area contributed by atoms with Crippen molar-refractivity contribution < 1.29 is 9.59 Å². The zero-order valence-electron chi connectivity index (χ0n) is 16.3. The number of rotatable bonds is 7. The second-order valence-corrected chi connectivity index (χ2v) is 8.68. The fourth-order valence-electron chi connectivity index (χ4n) is 2.30. The van der Waals surface area contributed by atoms with Crippen molar-refractivity contribution in [3.63, 3.8) is 0 Å². The molecule has 2 aromatic rings. The molecule has 0 spiro atoms. The van der Waals surface area contributed by atoms with Crippen molar-refractivity contribution in [3.8, 4) is 0 Å². The molecule has 146 valence electrons. The summed E-state index contributed by atoms with van der Waals surface area (Å²) in [5, 5.41) is 9.38. The van der Waals surface area contributed by atoms with E-state index >= 15 is 0 Å². The molecular formula is C19H26N4O3S. The van der Waals surface area contributed by atoms with Gasteiger partial charge in [-0.1, -0.05) is 39.5 Å². The molecule has 1 aromatic heterocycles. The first kappa shape index (κ1) is 21.0. The number of carbonyl (C=O) groups is 2. The minimum absolute atomic E-state index is 0.0628. The van der Waals surface area contributed by atoms with Crippen molar-refractivity contribution in [2.75, 3.05) is 5.32 Å². The molecule has 1 heterocycles. The number of nitrogens with zero attached hydrogens (tertiary/aromatic N) is 2. The number of thioether (sulfide) groups is 1. The highest BCUT2D eigenvalue weighted by Gasteiger charge is 2.22. The van der Waals surface area contributed by atoms with E-state index in [1.807, 2.05) is 27.7 Å². The highest BCUT2D eigenvalue weighted by Crippen LogP contribution is 2.24. The third-order valence-electron chi connectivity index (χ3n) is 3.93. The topological polar surface area (TPSA) is 96.8 Å². The van der Waals surface area contributed by atoms with E-state index in [0.29, 0.717) is 23.0 Å². The minimum Gasteiger partial charge on any atom is -0.326 e. The van der Waals surface area contributed by atoms with E-state index in [1.165, 1.54) is 11.8 Å². The van der Waals surface area contributed by atoms with Crippen LogP contribution in [0.3, 0.4) is 0 Å². The van der Waals surface area contributed by atoms with Gasteiger partial charge in [-0.25, -0.2) is 9.89 Å². The average Bonchev–Trinajstić information content (AvgIpc) is 2.94. The number of nitrogens with one attached hydrogen (secondary N) is 2. The smallest absolute Gasteiger partial charge is 0.326 e. The molecule has 0 radical (unpaired) electrons. The Bertz CT molecular complexity index is 862. The maximum Gasteiger partial charge on any atom is 0.343 e. The third kappa shape index (κ3) is 5.32. The quantitative estimate of drug-likeness (QED) is 0.558. The van der Waals surface area contributed by atoms with E-state index in [0.717, 1.165) is 6.42 Å². The minimum atomic E-state index is -0.489. The first-order chi connectivity index (χ1) is 12.6. The summed E-state index contributed by atoms with van der Waals surface area (Å²) in [5.74, 6) is -0.148. The molecule has 0 saturated heterocycles. The number of hydrogen-bond donors (Lipinski definition) is 2. The van der Waals surface area contributed by atoms with Crippen LogP contribution in [0.2, 0.25) is 0 Å². The highest BCUT2D eigenvalue weighted by molar-refractivity contribution is 8.00. The first-order valence-electron chi connectivity index (χ1n) is 8.91. The number of Topliss-reactive ketones (excluding diaryl/α,β-unsaturated/α-hetero) is 1. The lowest BCUT2D eigenvalue weighted by molar-refractivity contribution is -0.123. The van der Waals surface area contributed by atoms with Crippen LogP contribution in [0.25, 0.3) is 0 Å². The van der Waals surface area contributed by atoms with Crippen molar-refractivity contribution >= 4 is 29.1 Å². The summed E-state index contributed by atoms with van der Waals surface area (Å²) in [6.45, 7) is 9.84. The van der Waals surface area contributed by atoms with Gasteiger partial charge < -0.3 is 5.32 Å². The number of H-pyrrole nitrogens is 1. The van der Waals surface area contributed by atoms with Gasteiger partial charge in [-0.2, -0.15) is 0 Å². The van der Waals surface area contributed by atoms with Crippen LogP contribution in [0, 0.1) is 5.41 Å². The van der Waals surface area contributed by atoms with Gasteiger partial charge in [-0.15, -0.1) is 5.10 Å². The average molecular weight is 391 g/mol. The first-order valence-corrected chi connectivity index (χ1v) is 9.79. The van der Waals surface area contributed by atoms with Gasteiger partial charge in [0.2, 0.25) is 5.91 Å². The van der Waals surface area contributed by atoms with E-state index in [1.54, 1.807) is 35.8 Å². The van der Waals surface area contributed by atoms with Crippen molar-refractivity contribution in [2.45, 2.75) is 58.0 Å². The van der Waals surface area contributed by atoms with Crippen LogP contribution in [0.4, 0.5) is 5.69 Å². The van der Waals surface area contributed by atoms with E-state index in [-0.39, 0.29) is 17.4 Å².